The highest BCUT2D eigenvalue weighted by Crippen LogP contribution is 2.19. The predicted molar refractivity (Wildman–Crippen MR) is 111 cm³/mol. The summed E-state index contributed by atoms with van der Waals surface area (Å²) in [4.78, 5) is 11.3. The van der Waals surface area contributed by atoms with Crippen molar-refractivity contribution in [3.63, 3.8) is 0 Å². The number of piperidine rings is 1. The second-order valence-electron chi connectivity index (χ2n) is 7.35. The van der Waals surface area contributed by atoms with E-state index >= 15 is 0 Å². The van der Waals surface area contributed by atoms with Crippen molar-refractivity contribution in [2.45, 2.75) is 39.4 Å². The van der Waals surface area contributed by atoms with Crippen molar-refractivity contribution >= 4 is 5.96 Å². The van der Waals surface area contributed by atoms with Crippen molar-refractivity contribution in [1.82, 2.24) is 20.5 Å². The Morgan fingerprint density at radius 3 is 2.63 bits per heavy atom. The first-order chi connectivity index (χ1) is 13.2. The number of guanidine groups is 1. The monoisotopic (exact) mass is 365 g/mol. The maximum atomic E-state index is 4.34. The molecule has 3 rings (SSSR count). The summed E-state index contributed by atoms with van der Waals surface area (Å²) in [6, 6.07) is 14.6. The van der Waals surface area contributed by atoms with Gasteiger partial charge >= 0.3 is 0 Å². The van der Waals surface area contributed by atoms with E-state index in [4.69, 9.17) is 0 Å². The summed E-state index contributed by atoms with van der Waals surface area (Å²) < 4.78 is 0. The number of rotatable bonds is 6. The number of aromatic nitrogens is 1. The zero-order valence-electron chi connectivity index (χ0n) is 16.5. The lowest BCUT2D eigenvalue weighted by molar-refractivity contribution is 0.176. The predicted octanol–water partition coefficient (Wildman–Crippen LogP) is 3.18. The maximum absolute atomic E-state index is 4.34. The van der Waals surface area contributed by atoms with Crippen LogP contribution in [0, 0.1) is 5.92 Å². The van der Waals surface area contributed by atoms with Gasteiger partial charge in [0.2, 0.25) is 0 Å². The van der Waals surface area contributed by atoms with Gasteiger partial charge in [-0.2, -0.15) is 0 Å². The van der Waals surface area contributed by atoms with Gasteiger partial charge < -0.3 is 10.6 Å². The van der Waals surface area contributed by atoms with Gasteiger partial charge in [0.1, 0.15) is 0 Å². The van der Waals surface area contributed by atoms with Gasteiger partial charge in [-0.25, -0.2) is 0 Å². The molecule has 1 unspecified atom stereocenters. The number of benzene rings is 1. The molecular formula is C22H31N5. The van der Waals surface area contributed by atoms with E-state index in [1.165, 1.54) is 37.1 Å². The van der Waals surface area contributed by atoms with Gasteiger partial charge in [-0.15, -0.1) is 0 Å². The number of pyridine rings is 1. The van der Waals surface area contributed by atoms with Crippen LogP contribution in [-0.2, 0) is 19.6 Å². The second kappa shape index (κ2) is 10.1. The summed E-state index contributed by atoms with van der Waals surface area (Å²) in [6.45, 7) is 7.22. The summed E-state index contributed by atoms with van der Waals surface area (Å²) in [6.07, 6.45) is 4.48. The van der Waals surface area contributed by atoms with Crippen LogP contribution < -0.4 is 10.6 Å². The highest BCUT2D eigenvalue weighted by Gasteiger charge is 2.17. The molecule has 2 N–H and O–H groups in total. The lowest BCUT2D eigenvalue weighted by atomic mass is 9.99. The molecule has 5 nitrogen and oxygen atoms in total. The summed E-state index contributed by atoms with van der Waals surface area (Å²) in [5, 5.41) is 6.76. The molecule has 1 aromatic heterocycles. The molecular weight excluding hydrogens is 334 g/mol. The van der Waals surface area contributed by atoms with Crippen LogP contribution >= 0.6 is 0 Å². The minimum absolute atomic E-state index is 0.661. The van der Waals surface area contributed by atoms with Crippen LogP contribution in [0.15, 0.2) is 53.7 Å². The van der Waals surface area contributed by atoms with Crippen LogP contribution in [0.2, 0.25) is 0 Å². The maximum Gasteiger partial charge on any atom is 0.191 e. The minimum Gasteiger partial charge on any atom is -0.352 e. The van der Waals surface area contributed by atoms with E-state index in [9.17, 15) is 0 Å². The Morgan fingerprint density at radius 1 is 1.11 bits per heavy atom. The number of nitrogens with zero attached hydrogens (tertiary/aromatic N) is 3. The molecule has 27 heavy (non-hydrogen) atoms. The van der Waals surface area contributed by atoms with Gasteiger partial charge in [-0.05, 0) is 48.6 Å². The van der Waals surface area contributed by atoms with Gasteiger partial charge in [0.25, 0.3) is 0 Å². The lowest BCUT2D eigenvalue weighted by Crippen LogP contribution is -2.37. The van der Waals surface area contributed by atoms with Gasteiger partial charge in [-0.1, -0.05) is 37.3 Å². The first-order valence-corrected chi connectivity index (χ1v) is 9.88. The molecule has 0 aliphatic carbocycles. The number of likely N-dealkylation sites (tertiary alicyclic amines) is 1. The molecule has 2 aromatic rings. The summed E-state index contributed by atoms with van der Waals surface area (Å²) in [5.74, 6) is 1.60. The fourth-order valence-electron chi connectivity index (χ4n) is 3.63. The summed E-state index contributed by atoms with van der Waals surface area (Å²) in [7, 11) is 1.80. The summed E-state index contributed by atoms with van der Waals surface area (Å²) >= 11 is 0. The fourth-order valence-corrected chi connectivity index (χ4v) is 3.63. The average molecular weight is 366 g/mol. The molecule has 1 aromatic carbocycles. The van der Waals surface area contributed by atoms with Crippen molar-refractivity contribution in [1.29, 1.82) is 0 Å². The molecule has 5 heteroatoms. The molecule has 0 amide bonds. The molecule has 0 radical (unpaired) electrons. The Bertz CT molecular complexity index is 728. The van der Waals surface area contributed by atoms with Crippen molar-refractivity contribution in [3.8, 4) is 0 Å². The van der Waals surface area contributed by atoms with E-state index in [-0.39, 0.29) is 0 Å². The van der Waals surface area contributed by atoms with E-state index < -0.39 is 0 Å². The van der Waals surface area contributed by atoms with E-state index in [0.717, 1.165) is 30.7 Å². The van der Waals surface area contributed by atoms with E-state index in [1.807, 2.05) is 24.4 Å². The molecule has 0 saturated carbocycles. The molecule has 1 atom stereocenters. The third kappa shape index (κ3) is 6.07. The molecule has 0 bridgehead atoms. The molecule has 0 spiro atoms. The zero-order valence-corrected chi connectivity index (χ0v) is 16.5. The minimum atomic E-state index is 0.661. The molecule has 1 aliphatic rings. The Kier molecular flexibility index (Phi) is 7.22. The smallest absolute Gasteiger partial charge is 0.191 e. The average Bonchev–Trinajstić information content (AvgIpc) is 2.70. The van der Waals surface area contributed by atoms with Crippen LogP contribution in [0.5, 0.6) is 0 Å². The lowest BCUT2D eigenvalue weighted by Gasteiger charge is -2.31. The first kappa shape index (κ1) is 19.4. The van der Waals surface area contributed by atoms with E-state index in [2.05, 4.69) is 56.7 Å². The molecule has 1 fully saturated rings. The van der Waals surface area contributed by atoms with Gasteiger partial charge in [-0.3, -0.25) is 14.9 Å². The topological polar surface area (TPSA) is 52.6 Å². The van der Waals surface area contributed by atoms with Crippen LogP contribution in [-0.4, -0.2) is 36.0 Å². The van der Waals surface area contributed by atoms with Crippen LogP contribution in [0.3, 0.4) is 0 Å². The first-order valence-electron chi connectivity index (χ1n) is 9.88. The Labute approximate surface area is 162 Å². The molecule has 1 saturated heterocycles. The highest BCUT2D eigenvalue weighted by molar-refractivity contribution is 5.79. The van der Waals surface area contributed by atoms with Crippen molar-refractivity contribution in [3.05, 3.63) is 65.5 Å². The number of hydrogen-bond acceptors (Lipinski definition) is 3. The number of aliphatic imine (C=N–C) groups is 1. The quantitative estimate of drug-likeness (QED) is 0.610. The van der Waals surface area contributed by atoms with Gasteiger partial charge in [0.15, 0.2) is 5.96 Å². The Morgan fingerprint density at radius 2 is 1.89 bits per heavy atom. The molecule has 2 heterocycles. The van der Waals surface area contributed by atoms with Crippen molar-refractivity contribution < 1.29 is 0 Å². The SMILES string of the molecule is CN=C(NCc1ccccn1)NCc1ccccc1CN1CCCC(C)C1. The number of hydrogen-bond donors (Lipinski definition) is 2. The zero-order chi connectivity index (χ0) is 18.9. The third-order valence-electron chi connectivity index (χ3n) is 5.09. The van der Waals surface area contributed by atoms with Gasteiger partial charge in [0, 0.05) is 32.9 Å². The molecule has 144 valence electrons. The standard InChI is InChI=1S/C22H31N5/c1-18-8-7-13-27(16-18)17-20-10-4-3-9-19(20)14-25-22(23-2)26-15-21-11-5-6-12-24-21/h3-6,9-12,18H,7-8,13-17H2,1-2H3,(H2,23,25,26). The van der Waals surface area contributed by atoms with E-state index in [0.29, 0.717) is 6.54 Å². The normalized spacial score (nSPS) is 18.3. The van der Waals surface area contributed by atoms with Gasteiger partial charge in [0.05, 0.1) is 12.2 Å². The fraction of sp³-hybridized carbons (Fsp3) is 0.455. The summed E-state index contributed by atoms with van der Waals surface area (Å²) in [5.41, 5.74) is 3.73. The van der Waals surface area contributed by atoms with Crippen LogP contribution in [0.1, 0.15) is 36.6 Å². The third-order valence-corrected chi connectivity index (χ3v) is 5.09. The van der Waals surface area contributed by atoms with Crippen LogP contribution in [0.25, 0.3) is 0 Å². The van der Waals surface area contributed by atoms with Crippen molar-refractivity contribution in [2.24, 2.45) is 10.9 Å². The number of nitrogens with one attached hydrogen (secondary N) is 2. The Hall–Kier alpha value is -2.40. The highest BCUT2D eigenvalue weighted by atomic mass is 15.2. The van der Waals surface area contributed by atoms with E-state index in [1.54, 1.807) is 7.05 Å². The largest absolute Gasteiger partial charge is 0.352 e. The second-order valence-corrected chi connectivity index (χ2v) is 7.35. The molecule has 1 aliphatic heterocycles. The van der Waals surface area contributed by atoms with Crippen LogP contribution in [0.4, 0.5) is 0 Å². The Balaban J connectivity index is 1.55. The van der Waals surface area contributed by atoms with Crippen molar-refractivity contribution in [2.75, 3.05) is 20.1 Å².